The maximum absolute atomic E-state index is 5.37. The van der Waals surface area contributed by atoms with Crippen LogP contribution in [0.1, 0.15) is 12.0 Å². The second-order valence-corrected chi connectivity index (χ2v) is 8.38. The molecule has 0 spiro atoms. The summed E-state index contributed by atoms with van der Waals surface area (Å²) in [6, 6.07) is 11.2. The molecule has 1 N–H and O–H groups in total. The molecule has 0 unspecified atom stereocenters. The van der Waals surface area contributed by atoms with Crippen LogP contribution in [0.15, 0.2) is 30.3 Å². The van der Waals surface area contributed by atoms with Crippen molar-refractivity contribution in [1.82, 2.24) is 5.32 Å². The Balaban J connectivity index is 0.00000122. The van der Waals surface area contributed by atoms with Crippen molar-refractivity contribution in [3.05, 3.63) is 35.9 Å². The first-order valence-corrected chi connectivity index (χ1v) is 9.73. The Hall–Kier alpha value is -0.546. The fraction of sp³-hybridized carbons (Fsp3) is 0.571. The average Bonchev–Trinajstić information content (AvgIpc) is 2.53. The van der Waals surface area contributed by atoms with E-state index in [1.165, 1.54) is 5.56 Å². The van der Waals surface area contributed by atoms with Gasteiger partial charge in [-0.1, -0.05) is 30.3 Å². The zero-order valence-electron chi connectivity index (χ0n) is 13.8. The minimum absolute atomic E-state index is 0.832. The van der Waals surface area contributed by atoms with Crippen LogP contribution in [-0.2, 0) is 24.2 Å². The van der Waals surface area contributed by atoms with E-state index in [-0.39, 0.29) is 0 Å². The summed E-state index contributed by atoms with van der Waals surface area (Å²) in [5, 5.41) is 3.40. The quantitative estimate of drug-likeness (QED) is 0.539. The molecule has 1 rings (SSSR count). The lowest BCUT2D eigenvalue weighted by molar-refractivity contribution is 0.123. The van der Waals surface area contributed by atoms with Gasteiger partial charge in [-0.2, -0.15) is 0 Å². The van der Waals surface area contributed by atoms with Gasteiger partial charge in [-0.05, 0) is 18.5 Å². The number of rotatable bonds is 9. The van der Waals surface area contributed by atoms with Crippen molar-refractivity contribution in [1.29, 1.82) is 0 Å². The molecule has 0 heterocycles. The molecule has 0 aliphatic rings. The summed E-state index contributed by atoms with van der Waals surface area (Å²) in [4.78, 5) is 0. The lowest BCUT2D eigenvalue weighted by atomic mass is 10.2. The van der Waals surface area contributed by atoms with Gasteiger partial charge in [-0.15, -0.1) is 0 Å². The Kier molecular flexibility index (Phi) is 12.8. The van der Waals surface area contributed by atoms with Crippen LogP contribution >= 0.6 is 0 Å². The molecule has 5 nitrogen and oxygen atoms in total. The molecule has 1 aromatic carbocycles. The van der Waals surface area contributed by atoms with Gasteiger partial charge in [0, 0.05) is 41.0 Å². The van der Waals surface area contributed by atoms with Crippen LogP contribution in [0, 0.1) is 0 Å². The smallest absolute Gasteiger partial charge is 0.431 e. The van der Waals surface area contributed by atoms with Crippen LogP contribution < -0.4 is 5.32 Å². The average molecular weight is 332 g/mol. The Bertz CT molecular complexity index is 329. The van der Waals surface area contributed by atoms with Gasteiger partial charge in [0.25, 0.3) is 0 Å². The predicted octanol–water partition coefficient (Wildman–Crippen LogP) is 0.958. The van der Waals surface area contributed by atoms with E-state index in [4.69, 9.17) is 13.3 Å². The molecule has 0 saturated carbocycles. The molecule has 0 aliphatic carbocycles. The summed E-state index contributed by atoms with van der Waals surface area (Å²) in [5.41, 5.74) is 1.30. The third-order valence-electron chi connectivity index (χ3n) is 2.94. The first-order chi connectivity index (χ1) is 10.2. The second-order valence-electron chi connectivity index (χ2n) is 4.47. The predicted molar refractivity (Wildman–Crippen MR) is 91.3 cm³/mol. The highest BCUT2D eigenvalue weighted by Crippen LogP contribution is 2.14. The molecule has 0 radical (unpaired) electrons. The maximum Gasteiger partial charge on any atom is 0.500 e. The lowest BCUT2D eigenvalue weighted by Crippen LogP contribution is -2.43. The van der Waals surface area contributed by atoms with Crippen LogP contribution in [0.2, 0.25) is 6.04 Å². The van der Waals surface area contributed by atoms with Gasteiger partial charge in [0.05, 0.1) is 0 Å². The summed E-state index contributed by atoms with van der Waals surface area (Å²) in [6.07, 6.45) is 0.981. The van der Waals surface area contributed by atoms with Crippen molar-refractivity contribution in [3.63, 3.8) is 0 Å². The summed E-state index contributed by atoms with van der Waals surface area (Å²) < 4.78 is 20.5. The summed E-state index contributed by atoms with van der Waals surface area (Å²) in [7, 11) is 5.12. The van der Waals surface area contributed by atoms with Gasteiger partial charge in [0.1, 0.15) is 10.5 Å². The van der Waals surface area contributed by atoms with Gasteiger partial charge < -0.3 is 23.0 Å². The third kappa shape index (κ3) is 9.15. The van der Waals surface area contributed by atoms with Gasteiger partial charge >= 0.3 is 8.80 Å². The molecule has 1 aromatic rings. The zero-order valence-corrected chi connectivity index (χ0v) is 16.8. The second kappa shape index (κ2) is 13.1. The minimum atomic E-state index is -2.39. The molecular formula is C14H29NO4Si2. The van der Waals surface area contributed by atoms with Crippen LogP contribution in [0.3, 0.4) is 0 Å². The number of benzene rings is 1. The first-order valence-electron chi connectivity index (χ1n) is 6.98. The topological polar surface area (TPSA) is 49.0 Å². The molecule has 21 heavy (non-hydrogen) atoms. The van der Waals surface area contributed by atoms with Crippen molar-refractivity contribution < 1.29 is 17.7 Å². The molecular weight excluding hydrogens is 302 g/mol. The number of hydrogen-bond donors (Lipinski definition) is 1. The van der Waals surface area contributed by atoms with Crippen molar-refractivity contribution in [3.8, 4) is 0 Å². The van der Waals surface area contributed by atoms with Crippen LogP contribution in [0.5, 0.6) is 0 Å². The zero-order chi connectivity index (χ0) is 16.0. The van der Waals surface area contributed by atoms with Crippen molar-refractivity contribution in [2.75, 3.05) is 35.0 Å². The largest absolute Gasteiger partial charge is 0.500 e. The third-order valence-corrected chi connectivity index (χ3v) is 5.77. The van der Waals surface area contributed by atoms with Crippen molar-refractivity contribution in [2.45, 2.75) is 19.0 Å². The molecule has 0 amide bonds. The summed E-state index contributed by atoms with van der Waals surface area (Å²) >= 11 is 0. The Morgan fingerprint density at radius 1 is 1.00 bits per heavy atom. The van der Waals surface area contributed by atoms with Crippen molar-refractivity contribution in [2.24, 2.45) is 0 Å². The van der Waals surface area contributed by atoms with Gasteiger partial charge in [0.2, 0.25) is 0 Å². The van der Waals surface area contributed by atoms with Crippen LogP contribution in [0.4, 0.5) is 0 Å². The highest BCUT2D eigenvalue weighted by atomic mass is 28.4. The van der Waals surface area contributed by atoms with Crippen LogP contribution in [-0.4, -0.2) is 54.3 Å². The highest BCUT2D eigenvalue weighted by molar-refractivity contribution is 6.60. The van der Waals surface area contributed by atoms with E-state index in [0.717, 1.165) is 36.0 Å². The fourth-order valence-electron chi connectivity index (χ4n) is 1.81. The molecule has 0 atom stereocenters. The Morgan fingerprint density at radius 3 is 2.00 bits per heavy atom. The van der Waals surface area contributed by atoms with E-state index in [0.29, 0.717) is 0 Å². The van der Waals surface area contributed by atoms with E-state index < -0.39 is 8.80 Å². The van der Waals surface area contributed by atoms with E-state index in [9.17, 15) is 0 Å². The molecule has 122 valence electrons. The number of hydrogen-bond acceptors (Lipinski definition) is 5. The molecule has 0 aromatic heterocycles. The Morgan fingerprint density at radius 2 is 1.52 bits per heavy atom. The van der Waals surface area contributed by atoms with E-state index in [2.05, 4.69) is 34.0 Å². The standard InChI is InChI=1S/C13H23NO3Si.CH6OSi/c1-15-18(16-2,17-3)11-7-10-14-12-13-8-5-4-6-9-13;1-2-3/h4-6,8-9,14H,7,10-12H2,1-3H3;1,3H3. The van der Waals surface area contributed by atoms with Gasteiger partial charge in [-0.3, -0.25) is 0 Å². The normalized spacial score (nSPS) is 11.0. The lowest BCUT2D eigenvalue weighted by Gasteiger charge is -2.24. The summed E-state index contributed by atoms with van der Waals surface area (Å²) in [5.74, 6) is 0. The molecule has 0 fully saturated rings. The molecule has 7 heteroatoms. The molecule has 0 bridgehead atoms. The molecule has 0 saturated heterocycles. The maximum atomic E-state index is 5.37. The summed E-state index contributed by atoms with van der Waals surface area (Å²) in [6.45, 7) is 1.82. The van der Waals surface area contributed by atoms with Crippen LogP contribution in [0.25, 0.3) is 0 Å². The SMILES string of the molecule is CO[SiH3].CO[Si](CCCNCc1ccccc1)(OC)OC. The van der Waals surface area contributed by atoms with Gasteiger partial charge in [0.15, 0.2) is 0 Å². The Labute approximate surface area is 132 Å². The fourth-order valence-corrected chi connectivity index (χ4v) is 3.54. The minimum Gasteiger partial charge on any atom is -0.431 e. The number of nitrogens with one attached hydrogen (secondary N) is 1. The molecule has 0 aliphatic heterocycles. The van der Waals surface area contributed by atoms with E-state index >= 15 is 0 Å². The highest BCUT2D eigenvalue weighted by Gasteiger charge is 2.36. The van der Waals surface area contributed by atoms with E-state index in [1.807, 2.05) is 6.07 Å². The van der Waals surface area contributed by atoms with Crippen molar-refractivity contribution >= 4 is 19.3 Å². The van der Waals surface area contributed by atoms with E-state index in [1.54, 1.807) is 28.4 Å². The van der Waals surface area contributed by atoms with Gasteiger partial charge in [-0.25, -0.2) is 0 Å². The monoisotopic (exact) mass is 331 g/mol. The first kappa shape index (κ1) is 20.5.